The van der Waals surface area contributed by atoms with Crippen LogP contribution in [0.1, 0.15) is 25.0 Å². The zero-order chi connectivity index (χ0) is 12.1. The molecule has 0 radical (unpaired) electrons. The number of nitrogens with zero attached hydrogens (tertiary/aromatic N) is 1. The Kier molecular flexibility index (Phi) is 4.05. The average Bonchev–Trinajstić information content (AvgIpc) is 2.72. The smallest absolute Gasteiger partial charge is 0.296 e. The number of nitrogens with one attached hydrogen (secondary N) is 1. The predicted molar refractivity (Wildman–Crippen MR) is 63.4 cm³/mol. The molecule has 0 aliphatic heterocycles. The molecule has 2 rings (SSSR count). The summed E-state index contributed by atoms with van der Waals surface area (Å²) in [6.07, 6.45) is 0. The maximum atomic E-state index is 10.7. The van der Waals surface area contributed by atoms with Crippen molar-refractivity contribution in [2.75, 3.05) is 0 Å². The Morgan fingerprint density at radius 3 is 2.38 bits per heavy atom. The fourth-order valence-corrected chi connectivity index (χ4v) is 1.24. The second-order valence-electron chi connectivity index (χ2n) is 3.24. The third-order valence-electron chi connectivity index (χ3n) is 2.22. The van der Waals surface area contributed by atoms with Crippen LogP contribution in [0.3, 0.4) is 0 Å². The summed E-state index contributed by atoms with van der Waals surface area (Å²) in [7, 11) is 0. The molecule has 0 bridgehead atoms. The minimum absolute atomic E-state index is 0.470. The molecule has 0 atom stereocenters. The van der Waals surface area contributed by atoms with Crippen LogP contribution in [-0.4, -0.2) is 10.1 Å². The highest BCUT2D eigenvalue weighted by Crippen LogP contribution is 2.17. The molecule has 0 amide bonds. The normalized spacial score (nSPS) is 9.50. The van der Waals surface area contributed by atoms with E-state index < -0.39 is 5.76 Å². The van der Waals surface area contributed by atoms with E-state index in [2.05, 4.69) is 14.7 Å². The number of benzene rings is 1. The summed E-state index contributed by atoms with van der Waals surface area (Å²) in [5.74, 6) is -0.0590. The summed E-state index contributed by atoms with van der Waals surface area (Å²) in [4.78, 5) is 13.2. The maximum Gasteiger partial charge on any atom is 0.439 e. The molecule has 1 aromatic heterocycles. The van der Waals surface area contributed by atoms with Gasteiger partial charge < -0.3 is 0 Å². The fraction of sp³-hybridized carbons (Fsp3) is 0.333. The van der Waals surface area contributed by atoms with Crippen LogP contribution >= 0.6 is 0 Å². The number of hydrogen-bond acceptors (Lipinski definition) is 3. The molecule has 1 N–H and O–H groups in total. The van der Waals surface area contributed by atoms with Crippen LogP contribution in [0.15, 0.2) is 27.5 Å². The Morgan fingerprint density at radius 1 is 1.19 bits per heavy atom. The molecule has 0 unspecified atom stereocenters. The Hall–Kier alpha value is -1.84. The highest BCUT2D eigenvalue weighted by Gasteiger charge is 2.04. The van der Waals surface area contributed by atoms with E-state index in [4.69, 9.17) is 0 Å². The van der Waals surface area contributed by atoms with Crippen molar-refractivity contribution < 1.29 is 4.52 Å². The predicted octanol–water partition coefficient (Wildman–Crippen LogP) is 2.67. The number of hydrogen-bond donors (Lipinski definition) is 1. The van der Waals surface area contributed by atoms with Gasteiger partial charge in [0, 0.05) is 5.56 Å². The molecule has 0 spiro atoms. The standard InChI is InChI=1S/C10H10N2O2.C2H6/c1-6-3-4-8(5-7(6)2)9-11-10(13)14-12-9;1-2/h3-5H,1-2H3,(H,11,12,13);1-2H3. The van der Waals surface area contributed by atoms with E-state index in [0.29, 0.717) is 5.82 Å². The van der Waals surface area contributed by atoms with Gasteiger partial charge in [0.05, 0.1) is 0 Å². The van der Waals surface area contributed by atoms with Crippen molar-refractivity contribution >= 4 is 0 Å². The molecule has 4 nitrogen and oxygen atoms in total. The molecule has 86 valence electrons. The molecule has 0 saturated carbocycles. The first kappa shape index (κ1) is 12.2. The molecule has 0 aliphatic carbocycles. The van der Waals surface area contributed by atoms with Gasteiger partial charge in [0.15, 0.2) is 5.82 Å². The van der Waals surface area contributed by atoms with Gasteiger partial charge in [0.2, 0.25) is 0 Å². The van der Waals surface area contributed by atoms with Crippen molar-refractivity contribution in [3.05, 3.63) is 39.9 Å². The van der Waals surface area contributed by atoms with Crippen molar-refractivity contribution in [1.82, 2.24) is 10.1 Å². The van der Waals surface area contributed by atoms with E-state index in [-0.39, 0.29) is 0 Å². The molecule has 1 heterocycles. The summed E-state index contributed by atoms with van der Waals surface area (Å²) in [5, 5.41) is 3.61. The third kappa shape index (κ3) is 2.59. The molecule has 4 heteroatoms. The van der Waals surface area contributed by atoms with Crippen molar-refractivity contribution in [2.24, 2.45) is 0 Å². The van der Waals surface area contributed by atoms with Gasteiger partial charge in [-0.15, -0.1) is 0 Å². The van der Waals surface area contributed by atoms with Crippen molar-refractivity contribution in [3.8, 4) is 11.4 Å². The fourth-order valence-electron chi connectivity index (χ4n) is 1.24. The topological polar surface area (TPSA) is 58.9 Å². The lowest BCUT2D eigenvalue weighted by molar-refractivity contribution is 0.388. The first-order valence-electron chi connectivity index (χ1n) is 5.30. The van der Waals surface area contributed by atoms with Crippen LogP contribution in [0.5, 0.6) is 0 Å². The lowest BCUT2D eigenvalue weighted by Gasteiger charge is -2.00. The molecule has 0 saturated heterocycles. The summed E-state index contributed by atoms with van der Waals surface area (Å²) < 4.78 is 4.43. The molecule has 2 aromatic rings. The van der Waals surface area contributed by atoms with E-state index in [1.165, 1.54) is 5.56 Å². The number of aromatic amines is 1. The summed E-state index contributed by atoms with van der Waals surface area (Å²) in [5.41, 5.74) is 3.23. The van der Waals surface area contributed by atoms with Crippen LogP contribution in [0, 0.1) is 13.8 Å². The number of rotatable bonds is 1. The molecule has 1 aromatic carbocycles. The Balaban J connectivity index is 0.000000606. The summed E-state index contributed by atoms with van der Waals surface area (Å²) in [6.45, 7) is 8.04. The van der Waals surface area contributed by atoms with Crippen LogP contribution in [-0.2, 0) is 0 Å². The molecular formula is C12H16N2O2. The van der Waals surface area contributed by atoms with E-state index in [1.807, 2.05) is 45.9 Å². The SMILES string of the molecule is CC.Cc1ccc(-c2noc(=O)[nH]2)cc1C. The molecule has 0 fully saturated rings. The number of aromatic nitrogens is 2. The first-order chi connectivity index (χ1) is 7.66. The van der Waals surface area contributed by atoms with Gasteiger partial charge in [-0.3, -0.25) is 9.51 Å². The van der Waals surface area contributed by atoms with Gasteiger partial charge in [-0.1, -0.05) is 31.1 Å². The van der Waals surface area contributed by atoms with E-state index in [1.54, 1.807) is 0 Å². The maximum absolute atomic E-state index is 10.7. The van der Waals surface area contributed by atoms with Crippen LogP contribution in [0.2, 0.25) is 0 Å². The molecular weight excluding hydrogens is 204 g/mol. The number of H-pyrrole nitrogens is 1. The quantitative estimate of drug-likeness (QED) is 0.803. The zero-order valence-corrected chi connectivity index (χ0v) is 10.00. The van der Waals surface area contributed by atoms with Crippen molar-refractivity contribution in [2.45, 2.75) is 27.7 Å². The summed E-state index contributed by atoms with van der Waals surface area (Å²) >= 11 is 0. The van der Waals surface area contributed by atoms with Crippen molar-refractivity contribution in [3.63, 3.8) is 0 Å². The Morgan fingerprint density at radius 2 is 1.88 bits per heavy atom. The van der Waals surface area contributed by atoms with Crippen LogP contribution < -0.4 is 5.76 Å². The number of aryl methyl sites for hydroxylation is 2. The zero-order valence-electron chi connectivity index (χ0n) is 10.00. The van der Waals surface area contributed by atoms with Gasteiger partial charge >= 0.3 is 5.76 Å². The van der Waals surface area contributed by atoms with Gasteiger partial charge in [-0.05, 0) is 31.0 Å². The first-order valence-corrected chi connectivity index (χ1v) is 5.30. The van der Waals surface area contributed by atoms with Crippen LogP contribution in [0.4, 0.5) is 0 Å². The van der Waals surface area contributed by atoms with Gasteiger partial charge in [-0.25, -0.2) is 4.79 Å². The highest BCUT2D eigenvalue weighted by atomic mass is 16.5. The minimum atomic E-state index is -0.529. The van der Waals surface area contributed by atoms with Gasteiger partial charge in [-0.2, -0.15) is 0 Å². The monoisotopic (exact) mass is 220 g/mol. The van der Waals surface area contributed by atoms with E-state index in [0.717, 1.165) is 11.1 Å². The third-order valence-corrected chi connectivity index (χ3v) is 2.22. The molecule has 0 aliphatic rings. The minimum Gasteiger partial charge on any atom is -0.296 e. The Bertz CT molecular complexity index is 512. The van der Waals surface area contributed by atoms with Crippen molar-refractivity contribution in [1.29, 1.82) is 0 Å². The van der Waals surface area contributed by atoms with Crippen LogP contribution in [0.25, 0.3) is 11.4 Å². The Labute approximate surface area is 94.3 Å². The average molecular weight is 220 g/mol. The largest absolute Gasteiger partial charge is 0.439 e. The highest BCUT2D eigenvalue weighted by molar-refractivity contribution is 5.56. The van der Waals surface area contributed by atoms with Gasteiger partial charge in [0.25, 0.3) is 0 Å². The lowest BCUT2D eigenvalue weighted by atomic mass is 10.1. The second kappa shape index (κ2) is 5.30. The molecule has 16 heavy (non-hydrogen) atoms. The summed E-state index contributed by atoms with van der Waals surface area (Å²) in [6, 6.07) is 5.84. The second-order valence-corrected chi connectivity index (χ2v) is 3.24. The van der Waals surface area contributed by atoms with Gasteiger partial charge in [0.1, 0.15) is 0 Å². The van der Waals surface area contributed by atoms with E-state index in [9.17, 15) is 4.79 Å². The van der Waals surface area contributed by atoms with E-state index >= 15 is 0 Å². The lowest BCUT2D eigenvalue weighted by Crippen LogP contribution is -1.95.